The van der Waals surface area contributed by atoms with Gasteiger partial charge in [-0.2, -0.15) is 0 Å². The van der Waals surface area contributed by atoms with Crippen LogP contribution in [0.2, 0.25) is 0 Å². The number of hydrogen-bond acceptors (Lipinski definition) is 4. The van der Waals surface area contributed by atoms with Crippen LogP contribution in [0.4, 0.5) is 0 Å². The maximum absolute atomic E-state index is 6.02. The van der Waals surface area contributed by atoms with Gasteiger partial charge in [0.25, 0.3) is 0 Å². The molecule has 0 aliphatic rings. The van der Waals surface area contributed by atoms with E-state index in [9.17, 15) is 0 Å². The molecule has 0 spiro atoms. The molecule has 6 heteroatoms. The lowest BCUT2D eigenvalue weighted by Gasteiger charge is -2.18. The van der Waals surface area contributed by atoms with E-state index in [4.69, 9.17) is 9.15 Å². The Hall–Kier alpha value is -2.47. The first-order chi connectivity index (χ1) is 13.3. The van der Waals surface area contributed by atoms with Crippen molar-refractivity contribution in [1.29, 1.82) is 0 Å². The minimum atomic E-state index is 0.551. The van der Waals surface area contributed by atoms with Crippen LogP contribution in [0.5, 0.6) is 5.75 Å². The highest BCUT2D eigenvalue weighted by Gasteiger charge is 2.06. The Morgan fingerprint density at radius 3 is 2.59 bits per heavy atom. The lowest BCUT2D eigenvalue weighted by atomic mass is 10.2. The number of hydrogen-bond donors (Lipinski definition) is 2. The van der Waals surface area contributed by atoms with E-state index < -0.39 is 0 Å². The molecule has 2 aromatic rings. The van der Waals surface area contributed by atoms with Crippen molar-refractivity contribution in [3.05, 3.63) is 54.0 Å². The zero-order valence-electron chi connectivity index (χ0n) is 16.7. The normalized spacial score (nSPS) is 11.6. The fraction of sp³-hybridized carbons (Fsp3) is 0.476. The molecule has 0 radical (unpaired) electrons. The zero-order chi connectivity index (χ0) is 19.3. The molecule has 2 rings (SSSR count). The van der Waals surface area contributed by atoms with Crippen LogP contribution < -0.4 is 15.4 Å². The van der Waals surface area contributed by atoms with Crippen LogP contribution in [0.25, 0.3) is 0 Å². The van der Waals surface area contributed by atoms with E-state index >= 15 is 0 Å². The summed E-state index contributed by atoms with van der Waals surface area (Å²) in [6.07, 6.45) is 1.67. The molecule has 0 fully saturated rings. The second kappa shape index (κ2) is 12.0. The number of nitrogens with zero attached hydrogens (tertiary/aromatic N) is 2. The van der Waals surface area contributed by atoms with E-state index in [1.165, 1.54) is 0 Å². The number of para-hydroxylation sites is 1. The highest BCUT2D eigenvalue weighted by atomic mass is 16.5. The third-order valence-corrected chi connectivity index (χ3v) is 4.29. The van der Waals surface area contributed by atoms with Crippen LogP contribution >= 0.6 is 0 Å². The van der Waals surface area contributed by atoms with Crippen molar-refractivity contribution in [3.63, 3.8) is 0 Å². The Balaban J connectivity index is 1.94. The Morgan fingerprint density at radius 1 is 1.07 bits per heavy atom. The second-order valence-electron chi connectivity index (χ2n) is 6.11. The number of rotatable bonds is 11. The van der Waals surface area contributed by atoms with E-state index in [0.29, 0.717) is 19.7 Å². The first-order valence-electron chi connectivity index (χ1n) is 9.74. The lowest BCUT2D eigenvalue weighted by molar-refractivity contribution is 0.221. The highest BCUT2D eigenvalue weighted by Crippen LogP contribution is 2.18. The summed E-state index contributed by atoms with van der Waals surface area (Å²) in [5, 5.41) is 6.54. The Labute approximate surface area is 162 Å². The molecule has 0 saturated heterocycles. The number of likely N-dealkylation sites (N-methyl/N-ethyl adjacent to an activating group) is 1. The first kappa shape index (κ1) is 20.8. The van der Waals surface area contributed by atoms with Gasteiger partial charge in [-0.15, -0.1) is 0 Å². The molecule has 6 nitrogen and oxygen atoms in total. The van der Waals surface area contributed by atoms with Crippen LogP contribution in [0.1, 0.15) is 32.1 Å². The van der Waals surface area contributed by atoms with Crippen LogP contribution in [0, 0.1) is 0 Å². The van der Waals surface area contributed by atoms with Crippen LogP contribution in [-0.2, 0) is 13.1 Å². The molecule has 1 heterocycles. The van der Waals surface area contributed by atoms with Crippen molar-refractivity contribution >= 4 is 5.96 Å². The van der Waals surface area contributed by atoms with Gasteiger partial charge in [0.2, 0.25) is 0 Å². The smallest absolute Gasteiger partial charge is 0.191 e. The predicted octanol–water partition coefficient (Wildman–Crippen LogP) is 3.26. The number of furan rings is 1. The van der Waals surface area contributed by atoms with Gasteiger partial charge in [0.15, 0.2) is 5.96 Å². The van der Waals surface area contributed by atoms with Gasteiger partial charge in [-0.3, -0.25) is 0 Å². The largest absolute Gasteiger partial charge is 0.492 e. The predicted molar refractivity (Wildman–Crippen MR) is 110 cm³/mol. The summed E-state index contributed by atoms with van der Waals surface area (Å²) in [5.41, 5.74) is 1.08. The highest BCUT2D eigenvalue weighted by molar-refractivity contribution is 5.79. The quantitative estimate of drug-likeness (QED) is 0.468. The summed E-state index contributed by atoms with van der Waals surface area (Å²) in [6, 6.07) is 11.9. The third-order valence-electron chi connectivity index (χ3n) is 4.29. The first-order valence-corrected chi connectivity index (χ1v) is 9.74. The third kappa shape index (κ3) is 7.35. The molecule has 2 N–H and O–H groups in total. The van der Waals surface area contributed by atoms with Crippen molar-refractivity contribution in [2.75, 3.05) is 32.8 Å². The molecule has 1 aromatic heterocycles. The Bertz CT molecular complexity index is 667. The number of nitrogens with one attached hydrogen (secondary N) is 2. The topological polar surface area (TPSA) is 62.0 Å². The molecule has 0 aliphatic carbocycles. The van der Waals surface area contributed by atoms with Gasteiger partial charge in [0.05, 0.1) is 19.4 Å². The number of ether oxygens (including phenoxy) is 1. The molecule has 148 valence electrons. The molecule has 0 saturated carbocycles. The maximum Gasteiger partial charge on any atom is 0.191 e. The molecule has 0 amide bonds. The number of benzene rings is 1. The summed E-state index contributed by atoms with van der Waals surface area (Å²) in [7, 11) is 0. The maximum atomic E-state index is 6.02. The summed E-state index contributed by atoms with van der Waals surface area (Å²) in [5.74, 6) is 2.53. The van der Waals surface area contributed by atoms with Crippen LogP contribution in [-0.4, -0.2) is 43.6 Å². The second-order valence-corrected chi connectivity index (χ2v) is 6.11. The Kier molecular flexibility index (Phi) is 9.27. The van der Waals surface area contributed by atoms with E-state index in [-0.39, 0.29) is 0 Å². The SMILES string of the molecule is CCNC(=NCc1ccccc1OCCN(CC)CC)NCc1ccco1. The minimum absolute atomic E-state index is 0.551. The van der Waals surface area contributed by atoms with Gasteiger partial charge in [-0.05, 0) is 38.2 Å². The standard InChI is InChI=1S/C21H32N4O2/c1-4-22-21(24-17-19-11-9-14-26-19)23-16-18-10-7-8-12-20(18)27-15-13-25(5-2)6-3/h7-12,14H,4-6,13,15-17H2,1-3H3,(H2,22,23,24). The van der Waals surface area contributed by atoms with Gasteiger partial charge in [-0.1, -0.05) is 32.0 Å². The molecule has 27 heavy (non-hydrogen) atoms. The van der Waals surface area contributed by atoms with Crippen molar-refractivity contribution in [1.82, 2.24) is 15.5 Å². The fourth-order valence-electron chi connectivity index (χ4n) is 2.69. The molecular weight excluding hydrogens is 340 g/mol. The molecule has 0 unspecified atom stereocenters. The Morgan fingerprint density at radius 2 is 1.89 bits per heavy atom. The lowest BCUT2D eigenvalue weighted by Crippen LogP contribution is -2.36. The van der Waals surface area contributed by atoms with E-state index in [0.717, 1.165) is 49.2 Å². The van der Waals surface area contributed by atoms with E-state index in [1.807, 2.05) is 37.3 Å². The van der Waals surface area contributed by atoms with Crippen molar-refractivity contribution < 1.29 is 9.15 Å². The molecule has 0 aliphatic heterocycles. The number of aliphatic imine (C=N–C) groups is 1. The van der Waals surface area contributed by atoms with Gasteiger partial charge < -0.3 is 24.7 Å². The molecule has 0 bridgehead atoms. The number of guanidine groups is 1. The monoisotopic (exact) mass is 372 g/mol. The van der Waals surface area contributed by atoms with Gasteiger partial charge in [0.1, 0.15) is 18.1 Å². The van der Waals surface area contributed by atoms with Crippen molar-refractivity contribution in [3.8, 4) is 5.75 Å². The minimum Gasteiger partial charge on any atom is -0.492 e. The van der Waals surface area contributed by atoms with Gasteiger partial charge >= 0.3 is 0 Å². The zero-order valence-corrected chi connectivity index (χ0v) is 16.7. The molecule has 0 atom stereocenters. The molecular formula is C21H32N4O2. The summed E-state index contributed by atoms with van der Waals surface area (Å²) in [6.45, 7) is 12.0. The summed E-state index contributed by atoms with van der Waals surface area (Å²) >= 11 is 0. The van der Waals surface area contributed by atoms with Crippen LogP contribution in [0.3, 0.4) is 0 Å². The van der Waals surface area contributed by atoms with Gasteiger partial charge in [0, 0.05) is 18.7 Å². The summed E-state index contributed by atoms with van der Waals surface area (Å²) in [4.78, 5) is 7.03. The van der Waals surface area contributed by atoms with Gasteiger partial charge in [-0.25, -0.2) is 4.99 Å². The van der Waals surface area contributed by atoms with Crippen molar-refractivity contribution in [2.45, 2.75) is 33.9 Å². The average Bonchev–Trinajstić information content (AvgIpc) is 3.22. The van der Waals surface area contributed by atoms with E-state index in [2.05, 4.69) is 40.4 Å². The average molecular weight is 373 g/mol. The van der Waals surface area contributed by atoms with Crippen molar-refractivity contribution in [2.24, 2.45) is 4.99 Å². The van der Waals surface area contributed by atoms with Crippen LogP contribution in [0.15, 0.2) is 52.1 Å². The molecule has 1 aromatic carbocycles. The van der Waals surface area contributed by atoms with E-state index in [1.54, 1.807) is 6.26 Å². The fourth-order valence-corrected chi connectivity index (χ4v) is 2.69. The summed E-state index contributed by atoms with van der Waals surface area (Å²) < 4.78 is 11.4.